The monoisotopic (exact) mass is 433 g/mol. The summed E-state index contributed by atoms with van der Waals surface area (Å²) in [4.78, 5) is 21.6. The van der Waals surface area contributed by atoms with Crippen molar-refractivity contribution in [2.75, 3.05) is 33.0 Å². The molecule has 0 saturated carbocycles. The van der Waals surface area contributed by atoms with Gasteiger partial charge in [-0.25, -0.2) is 4.98 Å². The Kier molecular flexibility index (Phi) is 5.69. The van der Waals surface area contributed by atoms with E-state index in [4.69, 9.17) is 14.5 Å². The molecule has 3 aromatic rings. The van der Waals surface area contributed by atoms with Gasteiger partial charge in [-0.2, -0.15) is 0 Å². The van der Waals surface area contributed by atoms with Gasteiger partial charge in [0, 0.05) is 49.7 Å². The molecule has 1 aromatic heterocycles. The van der Waals surface area contributed by atoms with E-state index in [1.807, 2.05) is 47.4 Å². The minimum atomic E-state index is 0.0392. The third kappa shape index (κ3) is 4.62. The number of carbonyl (C=O) groups is 1. The number of benzene rings is 2. The number of piperazine rings is 1. The number of carbonyl (C=O) groups excluding carboxylic acids is 1. The van der Waals surface area contributed by atoms with E-state index < -0.39 is 0 Å². The largest absolute Gasteiger partial charge is 0.454 e. The number of ether oxygens (including phenoxy) is 2. The average Bonchev–Trinajstić information content (AvgIpc) is 3.48. The fourth-order valence-electron chi connectivity index (χ4n) is 3.74. The first-order valence-corrected chi connectivity index (χ1v) is 11.2. The Bertz CT molecular complexity index is 1090. The summed E-state index contributed by atoms with van der Waals surface area (Å²) in [5.74, 6) is 1.51. The van der Waals surface area contributed by atoms with E-state index in [0.29, 0.717) is 0 Å². The molecule has 2 aliphatic rings. The molecule has 6 nitrogen and oxygen atoms in total. The molecule has 2 aliphatic heterocycles. The number of aromatic nitrogens is 1. The summed E-state index contributed by atoms with van der Waals surface area (Å²) in [6, 6.07) is 15.9. The second-order valence-electron chi connectivity index (χ2n) is 7.56. The van der Waals surface area contributed by atoms with E-state index in [-0.39, 0.29) is 12.7 Å². The molecule has 0 bridgehead atoms. The summed E-state index contributed by atoms with van der Waals surface area (Å²) >= 11 is 1.68. The molecule has 1 fully saturated rings. The zero-order chi connectivity index (χ0) is 21.0. The molecule has 1 amide bonds. The van der Waals surface area contributed by atoms with E-state index in [0.717, 1.165) is 66.1 Å². The molecule has 0 spiro atoms. The maximum absolute atomic E-state index is 12.6. The molecule has 5 rings (SSSR count). The van der Waals surface area contributed by atoms with Gasteiger partial charge in [0.25, 0.3) is 0 Å². The van der Waals surface area contributed by atoms with Crippen LogP contribution in [0.4, 0.5) is 0 Å². The molecule has 0 aliphatic carbocycles. The summed E-state index contributed by atoms with van der Waals surface area (Å²) in [7, 11) is 0. The molecule has 0 unspecified atom stereocenters. The molecular weight excluding hydrogens is 410 g/mol. The first-order chi connectivity index (χ1) is 15.2. The average molecular weight is 434 g/mol. The van der Waals surface area contributed by atoms with Crippen molar-refractivity contribution in [2.24, 2.45) is 0 Å². The highest BCUT2D eigenvalue weighted by atomic mass is 32.1. The predicted octanol–water partition coefficient (Wildman–Crippen LogP) is 3.90. The van der Waals surface area contributed by atoms with E-state index in [2.05, 4.69) is 22.4 Å². The lowest BCUT2D eigenvalue weighted by atomic mass is 10.2. The highest BCUT2D eigenvalue weighted by molar-refractivity contribution is 7.13. The van der Waals surface area contributed by atoms with Crippen LogP contribution in [0.25, 0.3) is 16.6 Å². The predicted molar refractivity (Wildman–Crippen MR) is 121 cm³/mol. The summed E-state index contributed by atoms with van der Waals surface area (Å²) < 4.78 is 10.7. The normalized spacial score (nSPS) is 16.2. The van der Waals surface area contributed by atoms with Crippen molar-refractivity contribution in [1.29, 1.82) is 0 Å². The zero-order valence-corrected chi connectivity index (χ0v) is 17.9. The standard InChI is InChI=1S/C24H23N3O3S/c28-23(9-7-18-6-8-21-22(14-18)30-17-29-21)27-12-10-26(11-13-27)15-20-16-31-24(25-20)19-4-2-1-3-5-19/h1-9,14,16H,10-13,15,17H2/b9-7+. The molecule has 1 saturated heterocycles. The lowest BCUT2D eigenvalue weighted by Gasteiger charge is -2.33. The third-order valence-electron chi connectivity index (χ3n) is 5.46. The van der Waals surface area contributed by atoms with Gasteiger partial charge in [-0.05, 0) is 23.8 Å². The lowest BCUT2D eigenvalue weighted by molar-refractivity contribution is -0.127. The fourth-order valence-corrected chi connectivity index (χ4v) is 4.56. The molecule has 0 atom stereocenters. The van der Waals surface area contributed by atoms with Gasteiger partial charge in [0.15, 0.2) is 11.5 Å². The molecule has 2 aromatic carbocycles. The number of hydrogen-bond donors (Lipinski definition) is 0. The Morgan fingerprint density at radius 2 is 1.84 bits per heavy atom. The second-order valence-corrected chi connectivity index (χ2v) is 8.42. The van der Waals surface area contributed by atoms with Gasteiger partial charge in [-0.15, -0.1) is 11.3 Å². The molecular formula is C24H23N3O3S. The van der Waals surface area contributed by atoms with Gasteiger partial charge in [-0.3, -0.25) is 9.69 Å². The van der Waals surface area contributed by atoms with Crippen LogP contribution < -0.4 is 9.47 Å². The van der Waals surface area contributed by atoms with Gasteiger partial charge >= 0.3 is 0 Å². The Balaban J connectivity index is 1.13. The number of rotatable bonds is 5. The third-order valence-corrected chi connectivity index (χ3v) is 6.40. The molecule has 3 heterocycles. The first-order valence-electron chi connectivity index (χ1n) is 10.3. The Morgan fingerprint density at radius 1 is 1.03 bits per heavy atom. The summed E-state index contributed by atoms with van der Waals surface area (Å²) in [5.41, 5.74) is 3.17. The van der Waals surface area contributed by atoms with Gasteiger partial charge in [0.2, 0.25) is 12.7 Å². The van der Waals surface area contributed by atoms with Crippen molar-refractivity contribution in [3.05, 3.63) is 71.2 Å². The molecule has 0 N–H and O–H groups in total. The highest BCUT2D eigenvalue weighted by Gasteiger charge is 2.20. The number of fused-ring (bicyclic) bond motifs is 1. The highest BCUT2D eigenvalue weighted by Crippen LogP contribution is 2.32. The van der Waals surface area contributed by atoms with Crippen LogP contribution in [-0.2, 0) is 11.3 Å². The Morgan fingerprint density at radius 3 is 2.68 bits per heavy atom. The van der Waals surface area contributed by atoms with Crippen LogP contribution in [0.2, 0.25) is 0 Å². The van der Waals surface area contributed by atoms with Crippen LogP contribution in [0, 0.1) is 0 Å². The van der Waals surface area contributed by atoms with Crippen LogP contribution in [0.15, 0.2) is 60.0 Å². The van der Waals surface area contributed by atoms with Crippen molar-refractivity contribution in [2.45, 2.75) is 6.54 Å². The summed E-state index contributed by atoms with van der Waals surface area (Å²) in [6.07, 6.45) is 3.47. The summed E-state index contributed by atoms with van der Waals surface area (Å²) in [6.45, 7) is 4.21. The first kappa shape index (κ1) is 19.8. The molecule has 0 radical (unpaired) electrons. The minimum Gasteiger partial charge on any atom is -0.454 e. The van der Waals surface area contributed by atoms with E-state index in [9.17, 15) is 4.79 Å². The SMILES string of the molecule is O=C(/C=C/c1ccc2c(c1)OCO2)N1CCN(Cc2csc(-c3ccccc3)n2)CC1. The van der Waals surface area contributed by atoms with Gasteiger partial charge in [-0.1, -0.05) is 36.4 Å². The van der Waals surface area contributed by atoms with E-state index >= 15 is 0 Å². The number of thiazole rings is 1. The van der Waals surface area contributed by atoms with Gasteiger partial charge in [0.1, 0.15) is 5.01 Å². The summed E-state index contributed by atoms with van der Waals surface area (Å²) in [5, 5.41) is 3.19. The maximum atomic E-state index is 12.6. The van der Waals surface area contributed by atoms with Crippen molar-refractivity contribution < 1.29 is 14.3 Å². The maximum Gasteiger partial charge on any atom is 0.246 e. The van der Waals surface area contributed by atoms with Crippen LogP contribution in [0.3, 0.4) is 0 Å². The number of amides is 1. The van der Waals surface area contributed by atoms with Gasteiger partial charge < -0.3 is 14.4 Å². The van der Waals surface area contributed by atoms with E-state index in [1.54, 1.807) is 17.4 Å². The van der Waals surface area contributed by atoms with E-state index in [1.165, 1.54) is 0 Å². The van der Waals surface area contributed by atoms with Crippen LogP contribution >= 0.6 is 11.3 Å². The quantitative estimate of drug-likeness (QED) is 0.572. The number of nitrogens with zero attached hydrogens (tertiary/aromatic N) is 3. The van der Waals surface area contributed by atoms with Crippen molar-refractivity contribution in [1.82, 2.24) is 14.8 Å². The van der Waals surface area contributed by atoms with Crippen LogP contribution in [-0.4, -0.2) is 53.7 Å². The minimum absolute atomic E-state index is 0.0392. The molecule has 31 heavy (non-hydrogen) atoms. The zero-order valence-electron chi connectivity index (χ0n) is 17.1. The second kappa shape index (κ2) is 8.91. The smallest absolute Gasteiger partial charge is 0.246 e. The molecule has 7 heteroatoms. The fraction of sp³-hybridized carbons (Fsp3) is 0.250. The van der Waals surface area contributed by atoms with Crippen molar-refractivity contribution >= 4 is 23.3 Å². The Labute approximate surface area is 185 Å². The van der Waals surface area contributed by atoms with Crippen molar-refractivity contribution in [3.8, 4) is 22.1 Å². The van der Waals surface area contributed by atoms with Crippen molar-refractivity contribution in [3.63, 3.8) is 0 Å². The lowest BCUT2D eigenvalue weighted by Crippen LogP contribution is -2.47. The topological polar surface area (TPSA) is 54.9 Å². The number of hydrogen-bond acceptors (Lipinski definition) is 6. The molecule has 158 valence electrons. The Hall–Kier alpha value is -3.16. The van der Waals surface area contributed by atoms with Crippen LogP contribution in [0.5, 0.6) is 11.5 Å². The van der Waals surface area contributed by atoms with Gasteiger partial charge in [0.05, 0.1) is 5.69 Å². The van der Waals surface area contributed by atoms with Crippen LogP contribution in [0.1, 0.15) is 11.3 Å².